The molecule has 0 aliphatic rings. The number of hydrogen-bond donors (Lipinski definition) is 0. The summed E-state index contributed by atoms with van der Waals surface area (Å²) in [5, 5.41) is 15.3. The highest BCUT2D eigenvalue weighted by atomic mass is 14.2. The molecule has 0 fully saturated rings. The number of rotatable bonds is 4. The molecule has 0 heterocycles. The van der Waals surface area contributed by atoms with Crippen LogP contribution in [0, 0.1) is 34.6 Å². The molecular formula is C59H44. The van der Waals surface area contributed by atoms with Crippen LogP contribution in [-0.2, 0) is 0 Å². The van der Waals surface area contributed by atoms with Crippen molar-refractivity contribution < 1.29 is 0 Å². The van der Waals surface area contributed by atoms with Crippen molar-refractivity contribution in [3.05, 3.63) is 204 Å². The van der Waals surface area contributed by atoms with Crippen molar-refractivity contribution >= 4 is 64.6 Å². The van der Waals surface area contributed by atoms with Crippen molar-refractivity contribution in [3.63, 3.8) is 0 Å². The molecule has 0 aliphatic heterocycles. The molecule has 0 atom stereocenters. The normalized spacial score (nSPS) is 11.8. The van der Waals surface area contributed by atoms with Gasteiger partial charge >= 0.3 is 0 Å². The minimum Gasteiger partial charge on any atom is -0.0616 e. The Kier molecular flexibility index (Phi) is 8.07. The standard InChI is InChI=1S/C59H44/c1-35-16-24-50-52(28-35)56(44-20-18-40-10-6-8-12-42(40)32-44)48-22-14-37(3)30-54(48)58(50)46-26-39(5)27-47(34-46)59-51-25-17-36(2)29-53(51)57(49-23-15-38(4)31-55(49)59)45-21-19-41-11-7-9-13-43(41)33-45/h6-34H,1-5H3. The maximum atomic E-state index is 2.48. The first-order valence-corrected chi connectivity index (χ1v) is 20.8. The summed E-state index contributed by atoms with van der Waals surface area (Å²) in [6.07, 6.45) is 0. The van der Waals surface area contributed by atoms with Gasteiger partial charge in [0.25, 0.3) is 0 Å². The fourth-order valence-corrected chi connectivity index (χ4v) is 9.92. The molecule has 0 unspecified atom stereocenters. The summed E-state index contributed by atoms with van der Waals surface area (Å²) in [4.78, 5) is 0. The fourth-order valence-electron chi connectivity index (χ4n) is 9.92. The van der Waals surface area contributed by atoms with E-state index in [9.17, 15) is 0 Å². The Morgan fingerprint density at radius 1 is 0.203 bits per heavy atom. The molecule has 0 spiro atoms. The second-order valence-corrected chi connectivity index (χ2v) is 16.9. The summed E-state index contributed by atoms with van der Waals surface area (Å²) in [5.74, 6) is 0. The Labute approximate surface area is 346 Å². The van der Waals surface area contributed by atoms with Crippen LogP contribution in [0.25, 0.3) is 109 Å². The van der Waals surface area contributed by atoms with Gasteiger partial charge in [0, 0.05) is 0 Å². The van der Waals surface area contributed by atoms with Crippen LogP contribution in [0.5, 0.6) is 0 Å². The van der Waals surface area contributed by atoms with E-state index in [0.29, 0.717) is 0 Å². The van der Waals surface area contributed by atoms with Crippen molar-refractivity contribution in [2.24, 2.45) is 0 Å². The molecular weight excluding hydrogens is 709 g/mol. The Balaban J connectivity index is 1.22. The van der Waals surface area contributed by atoms with Gasteiger partial charge in [-0.05, 0) is 168 Å². The average Bonchev–Trinajstić information content (AvgIpc) is 3.24. The van der Waals surface area contributed by atoms with Gasteiger partial charge in [-0.2, -0.15) is 0 Å². The van der Waals surface area contributed by atoms with E-state index >= 15 is 0 Å². The maximum Gasteiger partial charge on any atom is -0.00260 e. The van der Waals surface area contributed by atoms with Gasteiger partial charge < -0.3 is 0 Å². The number of aryl methyl sites for hydroxylation is 5. The van der Waals surface area contributed by atoms with Crippen LogP contribution in [-0.4, -0.2) is 0 Å². The van der Waals surface area contributed by atoms with E-state index in [-0.39, 0.29) is 0 Å². The Hall–Kier alpha value is -7.02. The summed E-state index contributed by atoms with van der Waals surface area (Å²) in [5.41, 5.74) is 16.5. The van der Waals surface area contributed by atoms with Crippen LogP contribution in [0.1, 0.15) is 27.8 Å². The van der Waals surface area contributed by atoms with Crippen LogP contribution in [0.15, 0.2) is 176 Å². The molecule has 0 heteroatoms. The lowest BCUT2D eigenvalue weighted by Gasteiger charge is -2.21. The zero-order chi connectivity index (χ0) is 39.9. The second kappa shape index (κ2) is 13.5. The lowest BCUT2D eigenvalue weighted by molar-refractivity contribution is 1.46. The molecule has 0 amide bonds. The van der Waals surface area contributed by atoms with E-state index in [0.717, 1.165) is 0 Å². The highest BCUT2D eigenvalue weighted by molar-refractivity contribution is 6.24. The van der Waals surface area contributed by atoms with E-state index in [1.165, 1.54) is 137 Å². The summed E-state index contributed by atoms with van der Waals surface area (Å²) < 4.78 is 0. The molecule has 0 aromatic heterocycles. The molecule has 0 aliphatic carbocycles. The van der Waals surface area contributed by atoms with Crippen molar-refractivity contribution in [1.29, 1.82) is 0 Å². The van der Waals surface area contributed by atoms with Crippen LogP contribution < -0.4 is 0 Å². The largest absolute Gasteiger partial charge is 0.0616 e. The molecule has 0 bridgehead atoms. The predicted octanol–water partition coefficient (Wildman–Crippen LogP) is 16.8. The summed E-state index contributed by atoms with van der Waals surface area (Å²) in [7, 11) is 0. The van der Waals surface area contributed by atoms with Gasteiger partial charge in [0.15, 0.2) is 0 Å². The van der Waals surface area contributed by atoms with Crippen LogP contribution in [0.2, 0.25) is 0 Å². The Morgan fingerprint density at radius 2 is 0.525 bits per heavy atom. The van der Waals surface area contributed by atoms with E-state index in [1.807, 2.05) is 0 Å². The van der Waals surface area contributed by atoms with Gasteiger partial charge in [0.05, 0.1) is 0 Å². The topological polar surface area (TPSA) is 0 Å². The minimum absolute atomic E-state index is 1.24. The average molecular weight is 753 g/mol. The Morgan fingerprint density at radius 3 is 0.881 bits per heavy atom. The molecule has 0 nitrogen and oxygen atoms in total. The van der Waals surface area contributed by atoms with Gasteiger partial charge in [-0.1, -0.05) is 180 Å². The molecule has 11 rings (SSSR count). The zero-order valence-electron chi connectivity index (χ0n) is 34.2. The zero-order valence-corrected chi connectivity index (χ0v) is 34.2. The van der Waals surface area contributed by atoms with E-state index in [4.69, 9.17) is 0 Å². The number of benzene rings is 11. The first-order chi connectivity index (χ1) is 28.8. The quantitative estimate of drug-likeness (QED) is 0.157. The monoisotopic (exact) mass is 752 g/mol. The van der Waals surface area contributed by atoms with E-state index in [1.54, 1.807) is 0 Å². The minimum atomic E-state index is 1.24. The lowest BCUT2D eigenvalue weighted by Crippen LogP contribution is -1.95. The van der Waals surface area contributed by atoms with Crippen LogP contribution in [0.3, 0.4) is 0 Å². The van der Waals surface area contributed by atoms with Crippen molar-refractivity contribution in [2.45, 2.75) is 34.6 Å². The van der Waals surface area contributed by atoms with Gasteiger partial charge in [-0.15, -0.1) is 0 Å². The third-order valence-corrected chi connectivity index (χ3v) is 12.6. The van der Waals surface area contributed by atoms with Crippen molar-refractivity contribution in [2.75, 3.05) is 0 Å². The van der Waals surface area contributed by atoms with Crippen molar-refractivity contribution in [3.8, 4) is 44.5 Å². The smallest absolute Gasteiger partial charge is 0.00260 e. The van der Waals surface area contributed by atoms with Gasteiger partial charge in [0.2, 0.25) is 0 Å². The molecule has 280 valence electrons. The SMILES string of the molecule is Cc1cc(-c2c3ccc(C)cc3c(-c3ccc4ccccc4c3)c3ccc(C)cc23)cc(-c2c3ccc(C)cc3c(-c3ccc4ccccc4c3)c3ccc(C)cc23)c1. The first-order valence-electron chi connectivity index (χ1n) is 20.8. The molecule has 59 heavy (non-hydrogen) atoms. The van der Waals surface area contributed by atoms with Gasteiger partial charge in [-0.25, -0.2) is 0 Å². The summed E-state index contributed by atoms with van der Waals surface area (Å²) in [6, 6.07) is 66.8. The molecule has 0 saturated carbocycles. The third kappa shape index (κ3) is 5.82. The van der Waals surface area contributed by atoms with Crippen LogP contribution >= 0.6 is 0 Å². The van der Waals surface area contributed by atoms with Crippen LogP contribution in [0.4, 0.5) is 0 Å². The molecule has 0 radical (unpaired) electrons. The predicted molar refractivity (Wildman–Crippen MR) is 257 cm³/mol. The molecule has 11 aromatic rings. The number of fused-ring (bicyclic) bond motifs is 6. The molecule has 0 saturated heterocycles. The highest BCUT2D eigenvalue weighted by Gasteiger charge is 2.21. The third-order valence-electron chi connectivity index (χ3n) is 12.6. The van der Waals surface area contributed by atoms with Gasteiger partial charge in [-0.3, -0.25) is 0 Å². The van der Waals surface area contributed by atoms with Gasteiger partial charge in [0.1, 0.15) is 0 Å². The Bertz CT molecular complexity index is 3310. The fraction of sp³-hybridized carbons (Fsp3) is 0.0847. The summed E-state index contributed by atoms with van der Waals surface area (Å²) in [6.45, 7) is 11.1. The second-order valence-electron chi connectivity index (χ2n) is 16.9. The maximum absolute atomic E-state index is 2.48. The summed E-state index contributed by atoms with van der Waals surface area (Å²) >= 11 is 0. The van der Waals surface area contributed by atoms with E-state index < -0.39 is 0 Å². The van der Waals surface area contributed by atoms with E-state index in [2.05, 4.69) is 211 Å². The first kappa shape index (κ1) is 35.2. The van der Waals surface area contributed by atoms with Crippen molar-refractivity contribution in [1.82, 2.24) is 0 Å². The molecule has 11 aromatic carbocycles. The lowest BCUT2D eigenvalue weighted by atomic mass is 9.82. The molecule has 0 N–H and O–H groups in total. The highest BCUT2D eigenvalue weighted by Crippen LogP contribution is 2.48. The number of hydrogen-bond acceptors (Lipinski definition) is 0.